The van der Waals surface area contributed by atoms with Gasteiger partial charge in [0.05, 0.1) is 11.3 Å². The molecule has 0 amide bonds. The van der Waals surface area contributed by atoms with E-state index in [0.717, 1.165) is 10.9 Å². The van der Waals surface area contributed by atoms with Gasteiger partial charge in [0.15, 0.2) is 6.61 Å². The second kappa shape index (κ2) is 6.60. The van der Waals surface area contributed by atoms with Crippen LogP contribution in [0.15, 0.2) is 61.1 Å². The number of esters is 1. The summed E-state index contributed by atoms with van der Waals surface area (Å²) < 4.78 is 6.58. The quantitative estimate of drug-likeness (QED) is 0.438. The highest BCUT2D eigenvalue weighted by atomic mass is 16.5. The average Bonchev–Trinajstić information content (AvgIpc) is 3.35. The van der Waals surface area contributed by atoms with E-state index in [2.05, 4.69) is 20.5 Å². The van der Waals surface area contributed by atoms with Crippen LogP contribution in [0.5, 0.6) is 0 Å². The Hall–Kier alpha value is -3.81. The Morgan fingerprint density at radius 1 is 1.04 bits per heavy atom. The van der Waals surface area contributed by atoms with E-state index in [9.17, 15) is 9.59 Å². The second-order valence-electron chi connectivity index (χ2n) is 5.52. The number of ether oxygens (including phenoxy) is 1. The highest BCUT2D eigenvalue weighted by molar-refractivity contribution is 6.09. The molecule has 8 nitrogen and oxygen atoms in total. The summed E-state index contributed by atoms with van der Waals surface area (Å²) in [5, 5.41) is 11.7. The van der Waals surface area contributed by atoms with E-state index in [0.29, 0.717) is 11.3 Å². The summed E-state index contributed by atoms with van der Waals surface area (Å²) >= 11 is 0. The number of benzene rings is 2. The molecule has 0 aliphatic heterocycles. The molecule has 0 bridgehead atoms. The smallest absolute Gasteiger partial charge is 0.340 e. The van der Waals surface area contributed by atoms with Crippen molar-refractivity contribution in [1.82, 2.24) is 25.2 Å². The molecule has 8 heteroatoms. The molecule has 0 atom stereocenters. The van der Waals surface area contributed by atoms with Gasteiger partial charge in [-0.1, -0.05) is 30.3 Å². The van der Waals surface area contributed by atoms with Crippen LogP contribution in [0, 0.1) is 0 Å². The van der Waals surface area contributed by atoms with Gasteiger partial charge in [-0.3, -0.25) is 4.79 Å². The number of hydrogen-bond donors (Lipinski definition) is 1. The molecule has 0 spiro atoms. The van der Waals surface area contributed by atoms with Crippen LogP contribution in [0.4, 0.5) is 0 Å². The van der Waals surface area contributed by atoms with Crippen molar-refractivity contribution >= 4 is 22.7 Å². The maximum atomic E-state index is 12.4. The molecule has 26 heavy (non-hydrogen) atoms. The lowest BCUT2D eigenvalue weighted by molar-refractivity contribution is 0.0475. The third-order valence-electron chi connectivity index (χ3n) is 3.94. The van der Waals surface area contributed by atoms with E-state index in [1.165, 1.54) is 11.0 Å². The maximum Gasteiger partial charge on any atom is 0.340 e. The summed E-state index contributed by atoms with van der Waals surface area (Å²) in [5.74, 6) is -0.903. The minimum atomic E-state index is -0.621. The summed E-state index contributed by atoms with van der Waals surface area (Å²) in [5.41, 5.74) is 2.09. The molecule has 0 saturated carbocycles. The van der Waals surface area contributed by atoms with Crippen molar-refractivity contribution in [2.45, 2.75) is 0 Å². The van der Waals surface area contributed by atoms with Crippen LogP contribution in [-0.4, -0.2) is 43.6 Å². The SMILES string of the molecule is O=C(OCC(=O)c1c[nH]c2ccccc12)c1ccccc1-n1cnnn1. The normalized spacial score (nSPS) is 10.8. The predicted octanol–water partition coefficient (Wildman–Crippen LogP) is 2.18. The number of carbonyl (C=O) groups is 2. The number of tetrazole rings is 1. The molecule has 0 saturated heterocycles. The first-order valence-electron chi connectivity index (χ1n) is 7.83. The number of nitrogens with one attached hydrogen (secondary N) is 1. The average molecular weight is 347 g/mol. The molecular formula is C18H13N5O3. The van der Waals surface area contributed by atoms with Crippen molar-refractivity contribution in [1.29, 1.82) is 0 Å². The molecule has 4 aromatic rings. The fourth-order valence-corrected chi connectivity index (χ4v) is 2.71. The van der Waals surface area contributed by atoms with Crippen molar-refractivity contribution in [3.63, 3.8) is 0 Å². The number of fused-ring (bicyclic) bond motifs is 1. The van der Waals surface area contributed by atoms with Crippen LogP contribution in [0.25, 0.3) is 16.6 Å². The largest absolute Gasteiger partial charge is 0.454 e. The van der Waals surface area contributed by atoms with Gasteiger partial charge in [0.25, 0.3) is 0 Å². The number of rotatable bonds is 5. The van der Waals surface area contributed by atoms with E-state index < -0.39 is 5.97 Å². The van der Waals surface area contributed by atoms with Gasteiger partial charge >= 0.3 is 5.97 Å². The first-order valence-corrected chi connectivity index (χ1v) is 7.83. The van der Waals surface area contributed by atoms with Crippen LogP contribution in [0.3, 0.4) is 0 Å². The number of hydrogen-bond acceptors (Lipinski definition) is 6. The number of H-pyrrole nitrogens is 1. The van der Waals surface area contributed by atoms with Crippen LogP contribution < -0.4 is 0 Å². The van der Waals surface area contributed by atoms with E-state index in [-0.39, 0.29) is 18.0 Å². The Morgan fingerprint density at radius 2 is 1.85 bits per heavy atom. The van der Waals surface area contributed by atoms with Crippen molar-refractivity contribution < 1.29 is 14.3 Å². The van der Waals surface area contributed by atoms with Gasteiger partial charge in [-0.2, -0.15) is 4.68 Å². The zero-order valence-electron chi connectivity index (χ0n) is 13.5. The Kier molecular flexibility index (Phi) is 3.98. The molecule has 0 fully saturated rings. The summed E-state index contributed by atoms with van der Waals surface area (Å²) in [6, 6.07) is 14.2. The Morgan fingerprint density at radius 3 is 2.69 bits per heavy atom. The highest BCUT2D eigenvalue weighted by Crippen LogP contribution is 2.19. The molecule has 1 N–H and O–H groups in total. The summed E-state index contributed by atoms with van der Waals surface area (Å²) in [4.78, 5) is 27.9. The first kappa shape index (κ1) is 15.7. The van der Waals surface area contributed by atoms with Gasteiger partial charge in [0, 0.05) is 22.7 Å². The van der Waals surface area contributed by atoms with Gasteiger partial charge in [0.2, 0.25) is 5.78 Å². The van der Waals surface area contributed by atoms with Gasteiger partial charge in [-0.25, -0.2) is 4.79 Å². The molecule has 4 rings (SSSR count). The van der Waals surface area contributed by atoms with E-state index >= 15 is 0 Å². The van der Waals surface area contributed by atoms with Gasteiger partial charge < -0.3 is 9.72 Å². The lowest BCUT2D eigenvalue weighted by atomic mass is 10.1. The monoisotopic (exact) mass is 347 g/mol. The zero-order chi connectivity index (χ0) is 17.9. The minimum Gasteiger partial charge on any atom is -0.454 e. The second-order valence-corrected chi connectivity index (χ2v) is 5.52. The minimum absolute atomic E-state index is 0.270. The van der Waals surface area contributed by atoms with Crippen LogP contribution >= 0.6 is 0 Å². The van der Waals surface area contributed by atoms with E-state index in [1.54, 1.807) is 30.5 Å². The number of carbonyl (C=O) groups excluding carboxylic acids is 2. The van der Waals surface area contributed by atoms with Crippen molar-refractivity contribution in [3.8, 4) is 5.69 Å². The van der Waals surface area contributed by atoms with Crippen molar-refractivity contribution in [2.75, 3.05) is 6.61 Å². The number of para-hydroxylation sites is 2. The van der Waals surface area contributed by atoms with Crippen molar-refractivity contribution in [3.05, 3.63) is 72.2 Å². The molecule has 0 radical (unpaired) electrons. The zero-order valence-corrected chi connectivity index (χ0v) is 13.5. The summed E-state index contributed by atoms with van der Waals surface area (Å²) in [6.07, 6.45) is 3.00. The molecule has 0 unspecified atom stereocenters. The third-order valence-corrected chi connectivity index (χ3v) is 3.94. The molecule has 2 aromatic carbocycles. The van der Waals surface area contributed by atoms with Crippen LogP contribution in [-0.2, 0) is 4.74 Å². The first-order chi connectivity index (χ1) is 12.7. The Bertz CT molecular complexity index is 1090. The summed E-state index contributed by atoms with van der Waals surface area (Å²) in [7, 11) is 0. The predicted molar refractivity (Wildman–Crippen MR) is 92.1 cm³/mol. The lowest BCUT2D eigenvalue weighted by Crippen LogP contribution is -2.16. The maximum absolute atomic E-state index is 12.4. The lowest BCUT2D eigenvalue weighted by Gasteiger charge is -2.08. The molecule has 2 aromatic heterocycles. The topological polar surface area (TPSA) is 103 Å². The molecular weight excluding hydrogens is 334 g/mol. The van der Waals surface area contributed by atoms with Crippen molar-refractivity contribution in [2.24, 2.45) is 0 Å². The Labute approximate surface area is 147 Å². The van der Waals surface area contributed by atoms with Gasteiger partial charge in [-0.05, 0) is 28.6 Å². The Balaban J connectivity index is 1.52. The number of Topliss-reactive ketones (excluding diaryl/α,β-unsaturated/α-hetero) is 1. The molecule has 128 valence electrons. The van der Waals surface area contributed by atoms with E-state index in [4.69, 9.17) is 4.74 Å². The number of nitrogens with zero attached hydrogens (tertiary/aromatic N) is 4. The fourth-order valence-electron chi connectivity index (χ4n) is 2.71. The fraction of sp³-hybridized carbons (Fsp3) is 0.0556. The molecule has 0 aliphatic rings. The number of aromatic nitrogens is 5. The number of aromatic amines is 1. The van der Waals surface area contributed by atoms with Crippen LogP contribution in [0.2, 0.25) is 0 Å². The van der Waals surface area contributed by atoms with Crippen LogP contribution in [0.1, 0.15) is 20.7 Å². The number of ketones is 1. The van der Waals surface area contributed by atoms with Gasteiger partial charge in [0.1, 0.15) is 6.33 Å². The summed E-state index contributed by atoms with van der Waals surface area (Å²) in [6.45, 7) is -0.357. The van der Waals surface area contributed by atoms with Gasteiger partial charge in [-0.15, -0.1) is 5.10 Å². The molecule has 2 heterocycles. The molecule has 0 aliphatic carbocycles. The highest BCUT2D eigenvalue weighted by Gasteiger charge is 2.18. The standard InChI is InChI=1S/C18H13N5O3/c24-17(14-9-19-15-7-3-1-5-12(14)15)10-26-18(25)13-6-2-4-8-16(13)23-11-20-21-22-23/h1-9,11,19H,10H2. The van der Waals surface area contributed by atoms with E-state index in [1.807, 2.05) is 24.3 Å². The third kappa shape index (κ3) is 2.84.